The van der Waals surface area contributed by atoms with E-state index in [0.717, 1.165) is 19.3 Å². The molecule has 1 saturated carbocycles. The zero-order valence-electron chi connectivity index (χ0n) is 9.69. The van der Waals surface area contributed by atoms with Crippen LogP contribution in [0.4, 0.5) is 0 Å². The molecule has 1 aliphatic carbocycles. The summed E-state index contributed by atoms with van der Waals surface area (Å²) in [5.74, 6) is 0.984. The summed E-state index contributed by atoms with van der Waals surface area (Å²) < 4.78 is 0. The SMILES string of the molecule is CCC1C[C@@H](CC)C2C(=O)N(C)C(=O)C12. The van der Waals surface area contributed by atoms with Crippen molar-refractivity contribution in [1.82, 2.24) is 4.90 Å². The van der Waals surface area contributed by atoms with E-state index in [4.69, 9.17) is 0 Å². The Hall–Kier alpha value is -0.860. The fourth-order valence-electron chi connectivity index (χ4n) is 3.38. The number of rotatable bonds is 2. The minimum atomic E-state index is -0.00236. The molecule has 0 aromatic carbocycles. The zero-order chi connectivity index (χ0) is 11.2. The van der Waals surface area contributed by atoms with Crippen molar-refractivity contribution in [3.05, 3.63) is 0 Å². The van der Waals surface area contributed by atoms with E-state index >= 15 is 0 Å². The topological polar surface area (TPSA) is 37.4 Å². The normalized spacial score (nSPS) is 40.1. The predicted octanol–water partition coefficient (Wildman–Crippen LogP) is 1.67. The first-order valence-corrected chi connectivity index (χ1v) is 5.93. The Balaban J connectivity index is 2.31. The molecule has 0 N–H and O–H groups in total. The van der Waals surface area contributed by atoms with Crippen LogP contribution in [0.15, 0.2) is 0 Å². The highest BCUT2D eigenvalue weighted by Gasteiger charge is 2.56. The lowest BCUT2D eigenvalue weighted by Crippen LogP contribution is -2.29. The summed E-state index contributed by atoms with van der Waals surface area (Å²) in [4.78, 5) is 25.2. The highest BCUT2D eigenvalue weighted by atomic mass is 16.2. The lowest BCUT2D eigenvalue weighted by molar-refractivity contribution is -0.139. The Morgan fingerprint density at radius 1 is 1.07 bits per heavy atom. The molecule has 2 aliphatic rings. The van der Waals surface area contributed by atoms with Gasteiger partial charge in [-0.05, 0) is 18.3 Å². The van der Waals surface area contributed by atoms with E-state index < -0.39 is 0 Å². The third-order valence-electron chi connectivity index (χ3n) is 4.29. The second-order valence-corrected chi connectivity index (χ2v) is 4.86. The van der Waals surface area contributed by atoms with Gasteiger partial charge < -0.3 is 0 Å². The molecule has 3 heteroatoms. The van der Waals surface area contributed by atoms with Crippen LogP contribution < -0.4 is 0 Å². The Labute approximate surface area is 90.8 Å². The average Bonchev–Trinajstić information content (AvgIpc) is 2.72. The fourth-order valence-corrected chi connectivity index (χ4v) is 3.38. The molecule has 1 saturated heterocycles. The molecule has 0 spiro atoms. The highest BCUT2D eigenvalue weighted by Crippen LogP contribution is 2.49. The Morgan fingerprint density at radius 2 is 1.47 bits per heavy atom. The van der Waals surface area contributed by atoms with E-state index in [2.05, 4.69) is 13.8 Å². The van der Waals surface area contributed by atoms with Crippen molar-refractivity contribution in [2.45, 2.75) is 33.1 Å². The van der Waals surface area contributed by atoms with Gasteiger partial charge in [0.2, 0.25) is 11.8 Å². The molecule has 3 unspecified atom stereocenters. The van der Waals surface area contributed by atoms with Gasteiger partial charge in [-0.3, -0.25) is 14.5 Å². The van der Waals surface area contributed by atoms with Gasteiger partial charge in [0.15, 0.2) is 0 Å². The van der Waals surface area contributed by atoms with E-state index in [1.807, 2.05) is 0 Å². The molecule has 0 radical (unpaired) electrons. The number of nitrogens with zero attached hydrogens (tertiary/aromatic N) is 1. The molecule has 2 amide bonds. The van der Waals surface area contributed by atoms with Crippen LogP contribution in [0.1, 0.15) is 33.1 Å². The second-order valence-electron chi connectivity index (χ2n) is 4.86. The van der Waals surface area contributed by atoms with Crippen LogP contribution in [0, 0.1) is 23.7 Å². The molecular weight excluding hydrogens is 190 g/mol. The third kappa shape index (κ3) is 1.32. The number of carbonyl (C=O) groups is 2. The summed E-state index contributed by atoms with van der Waals surface area (Å²) in [7, 11) is 1.63. The number of likely N-dealkylation sites (tertiary alicyclic amines) is 1. The summed E-state index contributed by atoms with van der Waals surface area (Å²) >= 11 is 0. The Kier molecular flexibility index (Phi) is 2.57. The Bertz CT molecular complexity index is 272. The maximum absolute atomic E-state index is 11.9. The molecule has 1 aliphatic heterocycles. The van der Waals surface area contributed by atoms with Gasteiger partial charge in [-0.15, -0.1) is 0 Å². The highest BCUT2D eigenvalue weighted by molar-refractivity contribution is 6.05. The van der Waals surface area contributed by atoms with Crippen molar-refractivity contribution < 1.29 is 9.59 Å². The molecule has 84 valence electrons. The average molecular weight is 209 g/mol. The molecule has 0 aromatic rings. The fraction of sp³-hybridized carbons (Fsp3) is 0.833. The second kappa shape index (κ2) is 3.62. The minimum Gasteiger partial charge on any atom is -0.285 e. The number of hydrogen-bond acceptors (Lipinski definition) is 2. The first-order valence-electron chi connectivity index (χ1n) is 5.93. The Morgan fingerprint density at radius 3 is 1.80 bits per heavy atom. The number of carbonyl (C=O) groups excluding carboxylic acids is 2. The van der Waals surface area contributed by atoms with E-state index in [-0.39, 0.29) is 23.7 Å². The van der Waals surface area contributed by atoms with Crippen molar-refractivity contribution in [1.29, 1.82) is 0 Å². The summed E-state index contributed by atoms with van der Waals surface area (Å²) in [5.41, 5.74) is 0. The third-order valence-corrected chi connectivity index (χ3v) is 4.29. The van der Waals surface area contributed by atoms with Gasteiger partial charge in [-0.1, -0.05) is 26.7 Å². The van der Waals surface area contributed by atoms with Crippen LogP contribution in [0.5, 0.6) is 0 Å². The molecule has 15 heavy (non-hydrogen) atoms. The van der Waals surface area contributed by atoms with Crippen LogP contribution >= 0.6 is 0 Å². The molecule has 2 rings (SSSR count). The summed E-state index contributed by atoms with van der Waals surface area (Å²) in [6, 6.07) is 0. The van der Waals surface area contributed by atoms with Gasteiger partial charge in [0.25, 0.3) is 0 Å². The smallest absolute Gasteiger partial charge is 0.233 e. The van der Waals surface area contributed by atoms with Crippen LogP contribution in [-0.4, -0.2) is 23.8 Å². The molecule has 1 heterocycles. The molecule has 4 atom stereocenters. The molecule has 2 fully saturated rings. The van der Waals surface area contributed by atoms with Gasteiger partial charge in [-0.2, -0.15) is 0 Å². The van der Waals surface area contributed by atoms with E-state index in [0.29, 0.717) is 11.8 Å². The minimum absolute atomic E-state index is 0.00236. The standard InChI is InChI=1S/C12H19NO2/c1-4-7-6-8(5-2)10-9(7)11(14)13(3)12(10)15/h7-10H,4-6H2,1-3H3/t7-,8?,9?,10?/m1/s1. The number of amides is 2. The molecule has 0 aromatic heterocycles. The molecule has 3 nitrogen and oxygen atoms in total. The maximum atomic E-state index is 11.9. The first kappa shape index (κ1) is 10.7. The summed E-state index contributed by atoms with van der Waals surface area (Å²) in [5, 5.41) is 0. The lowest BCUT2D eigenvalue weighted by atomic mass is 9.88. The van der Waals surface area contributed by atoms with Crippen molar-refractivity contribution >= 4 is 11.8 Å². The number of imide groups is 1. The van der Waals surface area contributed by atoms with E-state index in [9.17, 15) is 9.59 Å². The molecular formula is C12H19NO2. The monoisotopic (exact) mass is 209 g/mol. The van der Waals surface area contributed by atoms with Gasteiger partial charge in [-0.25, -0.2) is 0 Å². The van der Waals surface area contributed by atoms with Crippen molar-refractivity contribution in [3.8, 4) is 0 Å². The predicted molar refractivity (Wildman–Crippen MR) is 56.9 cm³/mol. The van der Waals surface area contributed by atoms with Crippen molar-refractivity contribution in [2.24, 2.45) is 23.7 Å². The largest absolute Gasteiger partial charge is 0.285 e. The zero-order valence-corrected chi connectivity index (χ0v) is 9.69. The van der Waals surface area contributed by atoms with Crippen molar-refractivity contribution in [2.75, 3.05) is 7.05 Å². The lowest BCUT2D eigenvalue weighted by Gasteiger charge is -2.15. The molecule has 0 bridgehead atoms. The van der Waals surface area contributed by atoms with Gasteiger partial charge in [0, 0.05) is 7.05 Å². The quantitative estimate of drug-likeness (QED) is 0.649. The van der Waals surface area contributed by atoms with Gasteiger partial charge in [0.1, 0.15) is 0 Å². The van der Waals surface area contributed by atoms with Gasteiger partial charge >= 0.3 is 0 Å². The van der Waals surface area contributed by atoms with Crippen LogP contribution in [-0.2, 0) is 9.59 Å². The van der Waals surface area contributed by atoms with Crippen molar-refractivity contribution in [3.63, 3.8) is 0 Å². The number of fused-ring (bicyclic) bond motifs is 1. The summed E-state index contributed by atoms with van der Waals surface area (Å²) in [6.45, 7) is 4.24. The van der Waals surface area contributed by atoms with Crippen LogP contribution in [0.3, 0.4) is 0 Å². The van der Waals surface area contributed by atoms with Crippen LogP contribution in [0.25, 0.3) is 0 Å². The van der Waals surface area contributed by atoms with E-state index in [1.165, 1.54) is 4.90 Å². The maximum Gasteiger partial charge on any atom is 0.233 e. The van der Waals surface area contributed by atoms with Crippen LogP contribution in [0.2, 0.25) is 0 Å². The van der Waals surface area contributed by atoms with Gasteiger partial charge in [0.05, 0.1) is 11.8 Å². The summed E-state index contributed by atoms with van der Waals surface area (Å²) in [6.07, 6.45) is 3.10. The number of hydrogen-bond donors (Lipinski definition) is 0. The van der Waals surface area contributed by atoms with E-state index in [1.54, 1.807) is 7.05 Å². The first-order chi connectivity index (χ1) is 7.11.